The average Bonchev–Trinajstić information content (AvgIpc) is 2.98. The van der Waals surface area contributed by atoms with Crippen molar-refractivity contribution in [3.8, 4) is 0 Å². The number of sulfonamides is 1. The molecule has 2 aliphatic carbocycles. The van der Waals surface area contributed by atoms with Crippen LogP contribution in [-0.4, -0.2) is 35.9 Å². The van der Waals surface area contributed by atoms with Gasteiger partial charge in [0.25, 0.3) is 0 Å². The van der Waals surface area contributed by atoms with Crippen molar-refractivity contribution in [2.75, 3.05) is 11.9 Å². The number of allylic oxidation sites excluding steroid dienone is 1. The molecule has 0 spiro atoms. The van der Waals surface area contributed by atoms with Gasteiger partial charge in [0.15, 0.2) is 5.82 Å². The normalized spacial score (nSPS) is 25.1. The average molecular weight is 383 g/mol. The van der Waals surface area contributed by atoms with Crippen molar-refractivity contribution in [2.24, 2.45) is 5.92 Å². The Bertz CT molecular complexity index is 735. The largest absolute Gasteiger partial charge is 0.335 e. The fourth-order valence-corrected chi connectivity index (χ4v) is 4.30. The van der Waals surface area contributed by atoms with E-state index in [9.17, 15) is 8.42 Å². The van der Waals surface area contributed by atoms with Crippen molar-refractivity contribution in [3.05, 3.63) is 18.0 Å². The zero-order chi connectivity index (χ0) is 18.9. The molecular formula is C18H30N4O3S. The van der Waals surface area contributed by atoms with Gasteiger partial charge >= 0.3 is 6.01 Å². The molecule has 0 aliphatic heterocycles. The molecule has 0 aromatic carbocycles. The van der Waals surface area contributed by atoms with Gasteiger partial charge < -0.3 is 9.84 Å². The molecule has 8 heteroatoms. The van der Waals surface area contributed by atoms with E-state index in [0.29, 0.717) is 30.4 Å². The number of hydrogen-bond donors (Lipinski definition) is 2. The van der Waals surface area contributed by atoms with Crippen molar-refractivity contribution >= 4 is 16.0 Å². The van der Waals surface area contributed by atoms with Crippen molar-refractivity contribution < 1.29 is 12.9 Å². The summed E-state index contributed by atoms with van der Waals surface area (Å²) in [4.78, 5) is 4.45. The summed E-state index contributed by atoms with van der Waals surface area (Å²) < 4.78 is 31.6. The zero-order valence-electron chi connectivity index (χ0n) is 15.9. The monoisotopic (exact) mass is 382 g/mol. The lowest BCUT2D eigenvalue weighted by Crippen LogP contribution is -2.42. The van der Waals surface area contributed by atoms with Crippen LogP contribution in [0.2, 0.25) is 0 Å². The molecule has 1 aromatic rings. The Labute approximate surface area is 156 Å². The van der Waals surface area contributed by atoms with E-state index in [-0.39, 0.29) is 0 Å². The molecule has 1 heterocycles. The number of rotatable bonds is 6. The molecule has 2 fully saturated rings. The van der Waals surface area contributed by atoms with E-state index < -0.39 is 14.8 Å². The van der Waals surface area contributed by atoms with Gasteiger partial charge in [-0.1, -0.05) is 17.3 Å². The fourth-order valence-electron chi connectivity index (χ4n) is 3.41. The van der Waals surface area contributed by atoms with Crippen LogP contribution in [0.4, 0.5) is 6.01 Å². The van der Waals surface area contributed by atoms with E-state index in [1.165, 1.54) is 5.57 Å². The quantitative estimate of drug-likeness (QED) is 0.733. The summed E-state index contributed by atoms with van der Waals surface area (Å²) in [5.74, 6) is 1.50. The maximum Gasteiger partial charge on any atom is 0.321 e. The van der Waals surface area contributed by atoms with Gasteiger partial charge in [0.05, 0.1) is 4.75 Å². The van der Waals surface area contributed by atoms with Crippen molar-refractivity contribution in [1.82, 2.24) is 14.9 Å². The molecule has 1 aromatic heterocycles. The molecule has 0 unspecified atom stereocenters. The minimum atomic E-state index is -3.27. The maximum absolute atomic E-state index is 12.2. The summed E-state index contributed by atoms with van der Waals surface area (Å²) in [6.45, 7) is 9.61. The molecule has 26 heavy (non-hydrogen) atoms. The van der Waals surface area contributed by atoms with Gasteiger partial charge in [0.2, 0.25) is 10.0 Å². The molecule has 3 rings (SSSR count). The minimum Gasteiger partial charge on any atom is -0.335 e. The fraction of sp³-hybridized carbons (Fsp3) is 0.778. The van der Waals surface area contributed by atoms with Crippen LogP contribution in [0.25, 0.3) is 0 Å². The highest BCUT2D eigenvalue weighted by Crippen LogP contribution is 2.39. The van der Waals surface area contributed by atoms with E-state index in [2.05, 4.69) is 26.8 Å². The van der Waals surface area contributed by atoms with Gasteiger partial charge in [-0.15, -0.1) is 0 Å². The van der Waals surface area contributed by atoms with Crippen LogP contribution in [0, 0.1) is 5.92 Å². The topological polar surface area (TPSA) is 97.1 Å². The van der Waals surface area contributed by atoms with Gasteiger partial charge in [-0.25, -0.2) is 13.1 Å². The first-order valence-corrected chi connectivity index (χ1v) is 10.9. The van der Waals surface area contributed by atoms with Crippen LogP contribution in [0.15, 0.2) is 16.7 Å². The van der Waals surface area contributed by atoms with Crippen LogP contribution in [0.1, 0.15) is 71.0 Å². The van der Waals surface area contributed by atoms with Crippen LogP contribution < -0.4 is 10.0 Å². The van der Waals surface area contributed by atoms with Gasteiger partial charge in [-0.3, -0.25) is 0 Å². The SMILES string of the molecule is C=C1CC(c2noc(N[C@H]3CC[C@H](CNS(=O)(=O)C(C)(C)C)CC3)n2)C1. The van der Waals surface area contributed by atoms with E-state index in [0.717, 1.165) is 44.3 Å². The number of nitrogens with zero attached hydrogens (tertiary/aromatic N) is 2. The first-order chi connectivity index (χ1) is 12.1. The lowest BCUT2D eigenvalue weighted by atomic mass is 9.81. The third-order valence-corrected chi connectivity index (χ3v) is 7.58. The third kappa shape index (κ3) is 4.46. The lowest BCUT2D eigenvalue weighted by Gasteiger charge is -2.29. The van der Waals surface area contributed by atoms with Crippen LogP contribution in [-0.2, 0) is 10.0 Å². The molecule has 0 bridgehead atoms. The minimum absolute atomic E-state index is 0.301. The smallest absolute Gasteiger partial charge is 0.321 e. The molecule has 146 valence electrons. The first kappa shape index (κ1) is 19.4. The molecule has 0 atom stereocenters. The standard InChI is InChI=1S/C18H30N4O3S/c1-12-9-14(10-12)16-21-17(25-22-16)20-15-7-5-13(6-8-15)11-19-26(23,24)18(2,3)4/h13-15,19H,1,5-11H2,2-4H3,(H,20,21,22)/t13-,15-. The number of nitrogens with one attached hydrogen (secondary N) is 2. The Morgan fingerprint density at radius 3 is 2.42 bits per heavy atom. The van der Waals surface area contributed by atoms with E-state index in [1.54, 1.807) is 20.8 Å². The third-order valence-electron chi connectivity index (χ3n) is 5.42. The molecule has 0 saturated heterocycles. The predicted octanol–water partition coefficient (Wildman–Crippen LogP) is 3.19. The Morgan fingerprint density at radius 1 is 1.19 bits per heavy atom. The second kappa shape index (κ2) is 7.31. The van der Waals surface area contributed by atoms with Gasteiger partial charge in [0, 0.05) is 18.5 Å². The summed E-state index contributed by atoms with van der Waals surface area (Å²) >= 11 is 0. The number of hydrogen-bond acceptors (Lipinski definition) is 6. The zero-order valence-corrected chi connectivity index (χ0v) is 16.7. The molecule has 2 N–H and O–H groups in total. The second-order valence-corrected chi connectivity index (χ2v) is 11.2. The lowest BCUT2D eigenvalue weighted by molar-refractivity contribution is 0.328. The van der Waals surface area contributed by atoms with Crippen molar-refractivity contribution in [1.29, 1.82) is 0 Å². The predicted molar refractivity (Wildman–Crippen MR) is 101 cm³/mol. The Kier molecular flexibility index (Phi) is 5.44. The highest BCUT2D eigenvalue weighted by atomic mass is 32.2. The Morgan fingerprint density at radius 2 is 1.85 bits per heavy atom. The van der Waals surface area contributed by atoms with Gasteiger partial charge in [-0.2, -0.15) is 4.98 Å². The van der Waals surface area contributed by atoms with E-state index >= 15 is 0 Å². The summed E-state index contributed by atoms with van der Waals surface area (Å²) in [6, 6.07) is 0.796. The Hall–Kier alpha value is -1.41. The van der Waals surface area contributed by atoms with Crippen LogP contribution >= 0.6 is 0 Å². The summed E-state index contributed by atoms with van der Waals surface area (Å²) in [6.07, 6.45) is 5.81. The maximum atomic E-state index is 12.2. The number of aromatic nitrogens is 2. The van der Waals surface area contributed by atoms with Crippen LogP contribution in [0.5, 0.6) is 0 Å². The molecule has 0 radical (unpaired) electrons. The van der Waals surface area contributed by atoms with E-state index in [4.69, 9.17) is 4.52 Å². The first-order valence-electron chi connectivity index (χ1n) is 9.40. The van der Waals surface area contributed by atoms with Crippen LogP contribution in [0.3, 0.4) is 0 Å². The highest BCUT2D eigenvalue weighted by molar-refractivity contribution is 7.90. The molecular weight excluding hydrogens is 352 g/mol. The van der Waals surface area contributed by atoms with Gasteiger partial charge in [0.1, 0.15) is 0 Å². The van der Waals surface area contributed by atoms with Crippen molar-refractivity contribution in [2.45, 2.75) is 76.0 Å². The summed E-state index contributed by atoms with van der Waals surface area (Å²) in [5, 5.41) is 7.40. The molecule has 2 aliphatic rings. The number of anilines is 1. The molecule has 7 nitrogen and oxygen atoms in total. The highest BCUT2D eigenvalue weighted by Gasteiger charge is 2.31. The summed E-state index contributed by atoms with van der Waals surface area (Å²) in [5.41, 5.74) is 1.25. The van der Waals surface area contributed by atoms with E-state index in [1.807, 2.05) is 0 Å². The Balaban J connectivity index is 1.42. The van der Waals surface area contributed by atoms with Crippen molar-refractivity contribution in [3.63, 3.8) is 0 Å². The summed E-state index contributed by atoms with van der Waals surface area (Å²) in [7, 11) is -3.27. The second-order valence-electron chi connectivity index (χ2n) is 8.64. The molecule has 0 amide bonds. The van der Waals surface area contributed by atoms with Gasteiger partial charge in [-0.05, 0) is 65.2 Å². The molecule has 2 saturated carbocycles.